The van der Waals surface area contributed by atoms with E-state index in [9.17, 15) is 24.8 Å². The van der Waals surface area contributed by atoms with Crippen molar-refractivity contribution in [3.8, 4) is 5.75 Å². The fraction of sp³-hybridized carbons (Fsp3) is 0.136. The van der Waals surface area contributed by atoms with E-state index in [2.05, 4.69) is 4.99 Å². The van der Waals surface area contributed by atoms with Gasteiger partial charge in [0.15, 0.2) is 4.80 Å². The number of nitro benzene ring substituents is 1. The molecule has 0 bridgehead atoms. The molecule has 2 heterocycles. The molecule has 1 aliphatic rings. The summed E-state index contributed by atoms with van der Waals surface area (Å²) < 4.78 is 6.56. The van der Waals surface area contributed by atoms with E-state index in [-0.39, 0.29) is 27.1 Å². The van der Waals surface area contributed by atoms with Crippen LogP contribution in [0, 0.1) is 10.1 Å². The zero-order chi connectivity index (χ0) is 23.0. The number of esters is 1. The molecule has 0 saturated heterocycles. The summed E-state index contributed by atoms with van der Waals surface area (Å²) in [6, 6.07) is 11.8. The zero-order valence-electron chi connectivity index (χ0n) is 17.0. The van der Waals surface area contributed by atoms with Gasteiger partial charge in [-0.15, -0.1) is 0 Å². The molecule has 4 rings (SSSR count). The lowest BCUT2D eigenvalue weighted by molar-refractivity contribution is -0.384. The second-order valence-electron chi connectivity index (χ2n) is 6.98. The zero-order valence-corrected chi connectivity index (χ0v) is 17.8. The largest absolute Gasteiger partial charge is 0.507 e. The molecule has 0 aliphatic carbocycles. The molecule has 0 amide bonds. The number of hydrogen-bond donors (Lipinski definition) is 1. The van der Waals surface area contributed by atoms with Gasteiger partial charge in [-0.25, -0.2) is 9.79 Å². The van der Waals surface area contributed by atoms with Gasteiger partial charge in [-0.1, -0.05) is 41.7 Å². The van der Waals surface area contributed by atoms with Crippen molar-refractivity contribution in [1.82, 2.24) is 4.57 Å². The number of nitro groups is 1. The summed E-state index contributed by atoms with van der Waals surface area (Å²) in [5, 5.41) is 21.2. The third kappa shape index (κ3) is 3.60. The number of thiazole rings is 1. The van der Waals surface area contributed by atoms with E-state index >= 15 is 0 Å². The number of carbonyl (C=O) groups excluding carboxylic acids is 1. The van der Waals surface area contributed by atoms with Crippen LogP contribution in [0.1, 0.15) is 24.1 Å². The predicted octanol–water partition coefficient (Wildman–Crippen LogP) is 2.02. The van der Waals surface area contributed by atoms with Crippen molar-refractivity contribution >= 4 is 29.1 Å². The van der Waals surface area contributed by atoms with E-state index < -0.39 is 22.5 Å². The standard InChI is InChI=1S/C22H17N3O6S/c1-12-18(21(28)31-2)19(13-6-4-3-5-7-13)24-20(27)17(32-22(24)23-12)11-14-10-15(25(29)30)8-9-16(14)26/h3-11,19,26H,1-2H3/b17-11+/t19-/m0/s1. The fourth-order valence-electron chi connectivity index (χ4n) is 3.56. The maximum absolute atomic E-state index is 13.4. The van der Waals surface area contributed by atoms with Crippen LogP contribution in [0.15, 0.2) is 69.6 Å². The number of rotatable bonds is 4. The van der Waals surface area contributed by atoms with Crippen LogP contribution in [-0.4, -0.2) is 27.7 Å². The van der Waals surface area contributed by atoms with Crippen LogP contribution in [-0.2, 0) is 9.53 Å². The summed E-state index contributed by atoms with van der Waals surface area (Å²) in [5.41, 5.74) is 0.848. The molecule has 0 radical (unpaired) electrons. The number of benzene rings is 2. The molecule has 162 valence electrons. The Bertz CT molecular complexity index is 1450. The lowest BCUT2D eigenvalue weighted by Crippen LogP contribution is -2.39. The third-order valence-electron chi connectivity index (χ3n) is 5.05. The molecule has 3 aromatic rings. The topological polar surface area (TPSA) is 124 Å². The van der Waals surface area contributed by atoms with Gasteiger partial charge < -0.3 is 9.84 Å². The van der Waals surface area contributed by atoms with Gasteiger partial charge in [-0.2, -0.15) is 0 Å². The Morgan fingerprint density at radius 2 is 2.00 bits per heavy atom. The molecule has 9 nitrogen and oxygen atoms in total. The molecule has 0 unspecified atom stereocenters. The van der Waals surface area contributed by atoms with Crippen molar-refractivity contribution in [2.75, 3.05) is 7.11 Å². The number of aromatic nitrogens is 1. The predicted molar refractivity (Wildman–Crippen MR) is 117 cm³/mol. The van der Waals surface area contributed by atoms with E-state index in [4.69, 9.17) is 4.74 Å². The quantitative estimate of drug-likeness (QED) is 0.368. The van der Waals surface area contributed by atoms with Gasteiger partial charge in [0.1, 0.15) is 5.75 Å². The van der Waals surface area contributed by atoms with Crippen LogP contribution in [0.2, 0.25) is 0 Å². The van der Waals surface area contributed by atoms with Crippen LogP contribution >= 0.6 is 11.3 Å². The number of fused-ring (bicyclic) bond motifs is 1. The van der Waals surface area contributed by atoms with Gasteiger partial charge in [0, 0.05) is 17.7 Å². The van der Waals surface area contributed by atoms with Crippen molar-refractivity contribution < 1.29 is 19.6 Å². The van der Waals surface area contributed by atoms with Crippen LogP contribution in [0.4, 0.5) is 5.69 Å². The summed E-state index contributed by atoms with van der Waals surface area (Å²) in [6.07, 6.45) is 1.38. The van der Waals surface area contributed by atoms with Gasteiger partial charge in [-0.05, 0) is 24.6 Å². The Balaban J connectivity index is 1.98. The Morgan fingerprint density at radius 1 is 1.28 bits per heavy atom. The number of aromatic hydroxyl groups is 1. The van der Waals surface area contributed by atoms with Crippen LogP contribution in [0.3, 0.4) is 0 Å². The lowest BCUT2D eigenvalue weighted by atomic mass is 9.96. The Hall–Kier alpha value is -4.05. The van der Waals surface area contributed by atoms with Crippen molar-refractivity contribution in [1.29, 1.82) is 0 Å². The first-order valence-electron chi connectivity index (χ1n) is 9.45. The highest BCUT2D eigenvalue weighted by atomic mass is 32.1. The van der Waals surface area contributed by atoms with Crippen LogP contribution in [0.5, 0.6) is 5.75 Å². The second-order valence-corrected chi connectivity index (χ2v) is 7.99. The number of phenols is 1. The molecule has 0 saturated carbocycles. The van der Waals surface area contributed by atoms with E-state index in [1.54, 1.807) is 31.2 Å². The Morgan fingerprint density at radius 3 is 2.66 bits per heavy atom. The Kier molecular flexibility index (Phi) is 5.45. The minimum absolute atomic E-state index is 0.129. The maximum Gasteiger partial charge on any atom is 0.338 e. The molecule has 1 N–H and O–H groups in total. The number of nitrogens with zero attached hydrogens (tertiary/aromatic N) is 3. The highest BCUT2D eigenvalue weighted by molar-refractivity contribution is 7.07. The number of allylic oxidation sites excluding steroid dienone is 1. The molecular weight excluding hydrogens is 434 g/mol. The minimum atomic E-state index is -0.749. The molecule has 0 spiro atoms. The fourth-order valence-corrected chi connectivity index (χ4v) is 4.59. The second kappa shape index (κ2) is 8.23. The molecule has 1 aromatic heterocycles. The van der Waals surface area contributed by atoms with E-state index in [0.29, 0.717) is 16.1 Å². The van der Waals surface area contributed by atoms with Gasteiger partial charge in [0.25, 0.3) is 11.2 Å². The van der Waals surface area contributed by atoms with Crippen molar-refractivity contribution in [2.45, 2.75) is 13.0 Å². The SMILES string of the molecule is COC(=O)C1=C(C)N=c2s/c(=C/c3cc([N+](=O)[O-])ccc3O)c(=O)n2[C@H]1c1ccccc1. The number of carbonyl (C=O) groups is 1. The van der Waals surface area contributed by atoms with Gasteiger partial charge >= 0.3 is 5.97 Å². The van der Waals surface area contributed by atoms with E-state index in [1.165, 1.54) is 36.0 Å². The molecule has 1 aliphatic heterocycles. The summed E-state index contributed by atoms with van der Waals surface area (Å²) in [4.78, 5) is 41.3. The first-order chi connectivity index (χ1) is 15.3. The average Bonchev–Trinajstić information content (AvgIpc) is 3.08. The first kappa shape index (κ1) is 21.2. The van der Waals surface area contributed by atoms with Gasteiger partial charge in [0.2, 0.25) is 0 Å². The average molecular weight is 451 g/mol. The summed E-state index contributed by atoms with van der Waals surface area (Å²) in [6.45, 7) is 1.67. The molecule has 32 heavy (non-hydrogen) atoms. The van der Waals surface area contributed by atoms with Crippen molar-refractivity contribution in [3.05, 3.63) is 101 Å². The lowest BCUT2D eigenvalue weighted by Gasteiger charge is -2.24. The minimum Gasteiger partial charge on any atom is -0.507 e. The number of non-ortho nitro benzene ring substituents is 1. The molecular formula is C22H17N3O6S. The smallest absolute Gasteiger partial charge is 0.338 e. The summed E-state index contributed by atoms with van der Waals surface area (Å²) in [5.74, 6) is -0.793. The van der Waals surface area contributed by atoms with Crippen molar-refractivity contribution in [2.24, 2.45) is 4.99 Å². The van der Waals surface area contributed by atoms with Crippen molar-refractivity contribution in [3.63, 3.8) is 0 Å². The third-order valence-corrected chi connectivity index (χ3v) is 6.03. The van der Waals surface area contributed by atoms with Crippen LogP contribution < -0.4 is 14.9 Å². The molecule has 2 aromatic carbocycles. The van der Waals surface area contributed by atoms with E-state index in [0.717, 1.165) is 11.3 Å². The molecule has 0 fully saturated rings. The number of methoxy groups -OCH3 is 1. The molecule has 1 atom stereocenters. The van der Waals surface area contributed by atoms with Gasteiger partial charge in [0.05, 0.1) is 33.9 Å². The summed E-state index contributed by atoms with van der Waals surface area (Å²) in [7, 11) is 1.26. The van der Waals surface area contributed by atoms with Crippen LogP contribution in [0.25, 0.3) is 6.08 Å². The number of hydrogen-bond acceptors (Lipinski definition) is 8. The summed E-state index contributed by atoms with van der Waals surface area (Å²) >= 11 is 1.06. The van der Waals surface area contributed by atoms with Gasteiger partial charge in [-0.3, -0.25) is 19.5 Å². The maximum atomic E-state index is 13.4. The highest BCUT2D eigenvalue weighted by Crippen LogP contribution is 2.30. The normalized spacial score (nSPS) is 15.8. The first-order valence-corrected chi connectivity index (χ1v) is 10.3. The number of ether oxygens (including phenoxy) is 1. The molecule has 10 heteroatoms. The Labute approximate surface area is 185 Å². The highest BCUT2D eigenvalue weighted by Gasteiger charge is 2.32. The van der Waals surface area contributed by atoms with E-state index in [1.807, 2.05) is 6.07 Å². The monoisotopic (exact) mass is 451 g/mol. The number of phenolic OH excluding ortho intramolecular Hbond substituents is 1.